The zero-order valence-corrected chi connectivity index (χ0v) is 12.1. The van der Waals surface area contributed by atoms with Crippen molar-refractivity contribution in [3.8, 4) is 11.5 Å². The largest absolute Gasteiger partial charge is 0.497 e. The van der Waals surface area contributed by atoms with E-state index in [4.69, 9.17) is 26.3 Å². The summed E-state index contributed by atoms with van der Waals surface area (Å²) in [7, 11) is -2.43. The van der Waals surface area contributed by atoms with Crippen molar-refractivity contribution in [2.75, 3.05) is 12.8 Å². The Bertz CT molecular complexity index is 714. The number of nitrogen functional groups attached to an aromatic ring is 1. The lowest BCUT2D eigenvalue weighted by Gasteiger charge is -2.08. The van der Waals surface area contributed by atoms with E-state index in [1.165, 1.54) is 37.4 Å². The third-order valence-corrected chi connectivity index (χ3v) is 4.11. The summed E-state index contributed by atoms with van der Waals surface area (Å²) in [5, 5.41) is 0.286. The molecule has 2 N–H and O–H groups in total. The summed E-state index contributed by atoms with van der Waals surface area (Å²) in [6, 6.07) is 10.2. The van der Waals surface area contributed by atoms with Gasteiger partial charge in [0.1, 0.15) is 16.4 Å². The van der Waals surface area contributed by atoms with Gasteiger partial charge in [-0.05, 0) is 42.5 Å². The highest BCUT2D eigenvalue weighted by atomic mass is 35.5. The second-order valence-electron chi connectivity index (χ2n) is 3.90. The summed E-state index contributed by atoms with van der Waals surface area (Å²) in [5.41, 5.74) is 5.75. The van der Waals surface area contributed by atoms with E-state index in [1.54, 1.807) is 12.1 Å². The first-order chi connectivity index (χ1) is 9.42. The number of anilines is 1. The van der Waals surface area contributed by atoms with Gasteiger partial charge in [0.15, 0.2) is 0 Å². The van der Waals surface area contributed by atoms with Crippen LogP contribution in [0.4, 0.5) is 5.69 Å². The zero-order chi connectivity index (χ0) is 14.8. The van der Waals surface area contributed by atoms with Gasteiger partial charge in [-0.15, -0.1) is 0 Å². The van der Waals surface area contributed by atoms with Crippen LogP contribution in [0.2, 0.25) is 5.02 Å². The van der Waals surface area contributed by atoms with Crippen LogP contribution < -0.4 is 14.7 Å². The smallest absolute Gasteiger partial charge is 0.339 e. The molecule has 20 heavy (non-hydrogen) atoms. The summed E-state index contributed by atoms with van der Waals surface area (Å²) in [6.07, 6.45) is 0. The van der Waals surface area contributed by atoms with Crippen LogP contribution in [0.5, 0.6) is 11.5 Å². The molecule has 0 saturated heterocycles. The van der Waals surface area contributed by atoms with Crippen LogP contribution in [0.3, 0.4) is 0 Å². The van der Waals surface area contributed by atoms with Crippen molar-refractivity contribution in [2.45, 2.75) is 4.90 Å². The number of halogens is 1. The first-order valence-corrected chi connectivity index (χ1v) is 7.34. The fraction of sp³-hybridized carbons (Fsp3) is 0.0769. The number of hydrogen-bond acceptors (Lipinski definition) is 5. The molecule has 0 bridgehead atoms. The number of benzene rings is 2. The van der Waals surface area contributed by atoms with Gasteiger partial charge in [0.25, 0.3) is 0 Å². The Balaban J connectivity index is 2.27. The molecule has 0 heterocycles. The van der Waals surface area contributed by atoms with E-state index in [1.807, 2.05) is 0 Å². The van der Waals surface area contributed by atoms with Crippen LogP contribution in [0.25, 0.3) is 0 Å². The van der Waals surface area contributed by atoms with Crippen LogP contribution in [0.15, 0.2) is 47.4 Å². The minimum Gasteiger partial charge on any atom is -0.497 e. The monoisotopic (exact) mass is 313 g/mol. The Morgan fingerprint density at radius 1 is 1.05 bits per heavy atom. The molecular weight excluding hydrogens is 302 g/mol. The first kappa shape index (κ1) is 14.5. The Kier molecular flexibility index (Phi) is 4.06. The second kappa shape index (κ2) is 5.60. The van der Waals surface area contributed by atoms with Gasteiger partial charge in [0.2, 0.25) is 0 Å². The highest BCUT2D eigenvalue weighted by Crippen LogP contribution is 2.25. The van der Waals surface area contributed by atoms with Crippen LogP contribution >= 0.6 is 11.6 Å². The zero-order valence-electron chi connectivity index (χ0n) is 10.5. The summed E-state index contributed by atoms with van der Waals surface area (Å²) in [5.74, 6) is 0.782. The molecule has 0 atom stereocenters. The highest BCUT2D eigenvalue weighted by Gasteiger charge is 2.17. The molecule has 5 nitrogen and oxygen atoms in total. The third kappa shape index (κ3) is 3.15. The van der Waals surface area contributed by atoms with E-state index >= 15 is 0 Å². The van der Waals surface area contributed by atoms with E-state index in [-0.39, 0.29) is 21.4 Å². The lowest BCUT2D eigenvalue weighted by Crippen LogP contribution is -2.10. The number of methoxy groups -OCH3 is 1. The quantitative estimate of drug-likeness (QED) is 0.693. The SMILES string of the molecule is COc1ccc(OS(=O)(=O)c2ccc(Cl)c(N)c2)cc1. The number of nitrogens with two attached hydrogens (primary N) is 1. The lowest BCUT2D eigenvalue weighted by atomic mass is 10.3. The van der Waals surface area contributed by atoms with Crippen LogP contribution in [-0.2, 0) is 10.1 Å². The fourth-order valence-corrected chi connectivity index (χ4v) is 2.57. The van der Waals surface area contributed by atoms with Gasteiger partial charge in [0.05, 0.1) is 17.8 Å². The summed E-state index contributed by atoms with van der Waals surface area (Å²) >= 11 is 5.75. The van der Waals surface area contributed by atoms with Crippen molar-refractivity contribution >= 4 is 27.4 Å². The number of ether oxygens (including phenoxy) is 1. The second-order valence-corrected chi connectivity index (χ2v) is 5.85. The average molecular weight is 314 g/mol. The van der Waals surface area contributed by atoms with Gasteiger partial charge in [0, 0.05) is 0 Å². The number of hydrogen-bond donors (Lipinski definition) is 1. The molecule has 0 aliphatic heterocycles. The molecule has 2 aromatic rings. The van der Waals surface area contributed by atoms with Crippen LogP contribution in [0.1, 0.15) is 0 Å². The summed E-state index contributed by atoms with van der Waals surface area (Å²) in [6.45, 7) is 0. The molecule has 0 amide bonds. The summed E-state index contributed by atoms with van der Waals surface area (Å²) < 4.78 is 34.1. The molecular formula is C13H12ClNO4S. The molecule has 0 spiro atoms. The van der Waals surface area contributed by atoms with Crippen LogP contribution in [0, 0.1) is 0 Å². The molecule has 2 aromatic carbocycles. The van der Waals surface area contributed by atoms with Gasteiger partial charge >= 0.3 is 10.1 Å². The van der Waals surface area contributed by atoms with Crippen molar-refractivity contribution in [1.29, 1.82) is 0 Å². The maximum atomic E-state index is 12.1. The molecule has 0 fully saturated rings. The molecule has 0 saturated carbocycles. The van der Waals surface area contributed by atoms with E-state index in [2.05, 4.69) is 0 Å². The standard InChI is InChI=1S/C13H12ClNO4S/c1-18-9-2-4-10(5-3-9)19-20(16,17)11-6-7-12(14)13(15)8-11/h2-8H,15H2,1H3. The van der Waals surface area contributed by atoms with Gasteiger partial charge in [-0.2, -0.15) is 8.42 Å². The van der Waals surface area contributed by atoms with Crippen molar-refractivity contribution in [1.82, 2.24) is 0 Å². The Hall–Kier alpha value is -1.92. The van der Waals surface area contributed by atoms with Crippen molar-refractivity contribution in [2.24, 2.45) is 0 Å². The number of rotatable bonds is 4. The molecule has 0 aliphatic carbocycles. The molecule has 0 aliphatic rings. The Morgan fingerprint density at radius 3 is 2.20 bits per heavy atom. The molecule has 0 aromatic heterocycles. The van der Waals surface area contributed by atoms with Gasteiger partial charge < -0.3 is 14.7 Å². The topological polar surface area (TPSA) is 78.6 Å². The fourth-order valence-electron chi connectivity index (χ4n) is 1.48. The predicted octanol–water partition coefficient (Wildman–Crippen LogP) is 2.70. The van der Waals surface area contributed by atoms with Crippen molar-refractivity contribution in [3.63, 3.8) is 0 Å². The summed E-state index contributed by atoms with van der Waals surface area (Å²) in [4.78, 5) is -0.0600. The highest BCUT2D eigenvalue weighted by molar-refractivity contribution is 7.87. The Labute approximate surface area is 122 Å². The van der Waals surface area contributed by atoms with E-state index in [9.17, 15) is 8.42 Å². The predicted molar refractivity (Wildman–Crippen MR) is 76.7 cm³/mol. The normalized spacial score (nSPS) is 11.1. The van der Waals surface area contributed by atoms with E-state index < -0.39 is 10.1 Å². The average Bonchev–Trinajstić information content (AvgIpc) is 2.42. The van der Waals surface area contributed by atoms with Crippen molar-refractivity contribution in [3.05, 3.63) is 47.5 Å². The van der Waals surface area contributed by atoms with Gasteiger partial charge in [-0.1, -0.05) is 11.6 Å². The minimum absolute atomic E-state index is 0.0600. The Morgan fingerprint density at radius 2 is 1.65 bits per heavy atom. The molecule has 0 unspecified atom stereocenters. The van der Waals surface area contributed by atoms with Gasteiger partial charge in [-0.25, -0.2) is 0 Å². The maximum Gasteiger partial charge on any atom is 0.339 e. The lowest BCUT2D eigenvalue weighted by molar-refractivity contribution is 0.413. The molecule has 0 radical (unpaired) electrons. The van der Waals surface area contributed by atoms with E-state index in [0.29, 0.717) is 5.75 Å². The molecule has 2 rings (SSSR count). The minimum atomic E-state index is -3.95. The van der Waals surface area contributed by atoms with E-state index in [0.717, 1.165) is 0 Å². The van der Waals surface area contributed by atoms with Crippen molar-refractivity contribution < 1.29 is 17.3 Å². The first-order valence-electron chi connectivity index (χ1n) is 5.56. The molecule has 106 valence electrons. The third-order valence-electron chi connectivity index (χ3n) is 2.52. The maximum absolute atomic E-state index is 12.1. The molecule has 7 heteroatoms. The van der Waals surface area contributed by atoms with Crippen LogP contribution in [-0.4, -0.2) is 15.5 Å². The van der Waals surface area contributed by atoms with Gasteiger partial charge in [-0.3, -0.25) is 0 Å².